The van der Waals surface area contributed by atoms with Crippen LogP contribution in [0.25, 0.3) is 10.6 Å². The summed E-state index contributed by atoms with van der Waals surface area (Å²) >= 11 is 0. The van der Waals surface area contributed by atoms with Gasteiger partial charge in [-0.15, -0.1) is 26.2 Å². The Morgan fingerprint density at radius 1 is 0.515 bits per heavy atom. The predicted molar refractivity (Wildman–Crippen MR) is 127 cm³/mol. The molecule has 0 saturated heterocycles. The molecule has 7 heteroatoms. The fourth-order valence-corrected chi connectivity index (χ4v) is 2.56. The molecule has 0 fully saturated rings. The predicted octanol–water partition coefficient (Wildman–Crippen LogP) is 5.75. The zero-order chi connectivity index (χ0) is 22.4. The van der Waals surface area contributed by atoms with E-state index in [1.54, 1.807) is 38.6 Å². The average molecular weight is 476 g/mol. The molecule has 33 heavy (non-hydrogen) atoms. The molecule has 0 bridgehead atoms. The van der Waals surface area contributed by atoms with Crippen LogP contribution in [0.2, 0.25) is 0 Å². The molecule has 0 spiro atoms. The minimum Gasteiger partial charge on any atom is -0.648 e. The first-order valence-electron chi connectivity index (χ1n) is 10.1. The molecule has 0 aliphatic rings. The molecule has 4 rings (SSSR count). The van der Waals surface area contributed by atoms with E-state index in [2.05, 4.69) is 30.6 Å². The van der Waals surface area contributed by atoms with Gasteiger partial charge < -0.3 is 10.6 Å². The van der Waals surface area contributed by atoms with E-state index < -0.39 is 0 Å². The van der Waals surface area contributed by atoms with Gasteiger partial charge in [0.2, 0.25) is 0 Å². The number of aromatic nitrogens is 4. The number of hydrogen-bond donors (Lipinski definition) is 0. The molecule has 0 atom stereocenters. The molecule has 6 nitrogen and oxygen atoms in total. The Kier molecular flexibility index (Phi) is 11.9. The zero-order valence-electron chi connectivity index (χ0n) is 18.4. The summed E-state index contributed by atoms with van der Waals surface area (Å²) in [6.45, 7) is 10.8. The van der Waals surface area contributed by atoms with Gasteiger partial charge in [0, 0.05) is 46.6 Å². The van der Waals surface area contributed by atoms with Crippen molar-refractivity contribution in [3.05, 3.63) is 156 Å². The van der Waals surface area contributed by atoms with Crippen molar-refractivity contribution in [1.82, 2.24) is 19.9 Å². The Bertz CT molecular complexity index is 973. The molecule has 4 aromatic heterocycles. The Morgan fingerprint density at radius 2 is 0.909 bits per heavy atom. The minimum absolute atomic E-state index is 0. The van der Waals surface area contributed by atoms with Crippen molar-refractivity contribution in [2.75, 3.05) is 0 Å². The van der Waals surface area contributed by atoms with Crippen molar-refractivity contribution in [1.29, 1.82) is 0 Å². The van der Waals surface area contributed by atoms with Gasteiger partial charge in [-0.3, -0.25) is 19.9 Å². The van der Waals surface area contributed by atoms with Crippen molar-refractivity contribution < 1.29 is 17.1 Å². The number of hydrogen-bond acceptors (Lipinski definition) is 4. The maximum absolute atomic E-state index is 4.31. The maximum atomic E-state index is 4.31. The van der Waals surface area contributed by atoms with Crippen LogP contribution in [0.4, 0.5) is 0 Å². The van der Waals surface area contributed by atoms with Gasteiger partial charge in [0.1, 0.15) is 0 Å². The van der Waals surface area contributed by atoms with Gasteiger partial charge >= 0.3 is 17.1 Å². The Morgan fingerprint density at radius 3 is 1.27 bits per heavy atom. The van der Waals surface area contributed by atoms with E-state index in [1.807, 2.05) is 86.6 Å². The van der Waals surface area contributed by atoms with Crippen LogP contribution in [0.3, 0.4) is 0 Å². The number of aryl methyl sites for hydroxylation is 2. The molecule has 0 amide bonds. The van der Waals surface area contributed by atoms with Crippen LogP contribution in [0.5, 0.6) is 0 Å². The first kappa shape index (κ1) is 26.3. The van der Waals surface area contributed by atoms with Crippen LogP contribution in [-0.2, 0) is 17.1 Å². The molecule has 0 aliphatic heterocycles. The third-order valence-electron chi connectivity index (χ3n) is 4.02. The maximum Gasteiger partial charge on any atom is 2.00 e. The largest absolute Gasteiger partial charge is 2.00 e. The van der Waals surface area contributed by atoms with E-state index in [4.69, 9.17) is 0 Å². The molecule has 4 radical (unpaired) electrons. The molecule has 0 N–H and O–H groups in total. The SMILES string of the molecule is Cc1cccc([CH][N-][CH]c2ccccn2)n1.Cc1cccc([CH][N-][CH]c2ccccn2)n1.[Fe+2]. The van der Waals surface area contributed by atoms with Crippen LogP contribution in [0, 0.1) is 40.0 Å². The van der Waals surface area contributed by atoms with Gasteiger partial charge in [0.25, 0.3) is 0 Å². The van der Waals surface area contributed by atoms with Gasteiger partial charge in [0.15, 0.2) is 0 Å². The standard InChI is InChI=1S/2C13H12N3.Fe/c2*1-11-5-4-7-13(16-11)10-14-9-12-6-2-3-8-15-12;/h2*2-10H,1H3;/q2*-1;+2. The second-order valence-corrected chi connectivity index (χ2v) is 6.73. The van der Waals surface area contributed by atoms with E-state index in [0.717, 1.165) is 34.2 Å². The van der Waals surface area contributed by atoms with E-state index in [0.29, 0.717) is 0 Å². The first-order valence-corrected chi connectivity index (χ1v) is 10.1. The summed E-state index contributed by atoms with van der Waals surface area (Å²) in [6.07, 6.45) is 3.48. The molecule has 0 aliphatic carbocycles. The monoisotopic (exact) mass is 476 g/mol. The van der Waals surface area contributed by atoms with E-state index in [1.165, 1.54) is 0 Å². The fourth-order valence-electron chi connectivity index (χ4n) is 2.56. The Balaban J connectivity index is 0.000000227. The smallest absolute Gasteiger partial charge is 0.648 e. The average Bonchev–Trinajstić information content (AvgIpc) is 2.81. The van der Waals surface area contributed by atoms with Gasteiger partial charge in [0.05, 0.1) is 0 Å². The summed E-state index contributed by atoms with van der Waals surface area (Å²) in [5, 5.41) is 8.36. The van der Waals surface area contributed by atoms with Crippen LogP contribution < -0.4 is 0 Å². The van der Waals surface area contributed by atoms with E-state index in [-0.39, 0.29) is 17.1 Å². The second-order valence-electron chi connectivity index (χ2n) is 6.73. The quantitative estimate of drug-likeness (QED) is 0.303. The van der Waals surface area contributed by atoms with Crippen molar-refractivity contribution in [2.24, 2.45) is 0 Å². The van der Waals surface area contributed by atoms with Crippen molar-refractivity contribution >= 4 is 0 Å². The summed E-state index contributed by atoms with van der Waals surface area (Å²) < 4.78 is 0. The zero-order valence-corrected chi connectivity index (χ0v) is 19.5. The molecular formula is C26H24FeN6. The second kappa shape index (κ2) is 15.0. The number of rotatable bonds is 8. The fraction of sp³-hybridized carbons (Fsp3) is 0.0769. The number of nitrogens with zero attached hydrogens (tertiary/aromatic N) is 6. The minimum atomic E-state index is 0. The van der Waals surface area contributed by atoms with E-state index in [9.17, 15) is 0 Å². The van der Waals surface area contributed by atoms with Gasteiger partial charge in [-0.1, -0.05) is 24.3 Å². The van der Waals surface area contributed by atoms with Crippen molar-refractivity contribution in [3.63, 3.8) is 0 Å². The van der Waals surface area contributed by atoms with Crippen LogP contribution >= 0.6 is 0 Å². The van der Waals surface area contributed by atoms with Crippen LogP contribution in [-0.4, -0.2) is 19.9 Å². The van der Waals surface area contributed by atoms with Crippen molar-refractivity contribution in [2.45, 2.75) is 13.8 Å². The summed E-state index contributed by atoms with van der Waals surface area (Å²) in [4.78, 5) is 16.9. The molecular weight excluding hydrogens is 452 g/mol. The third-order valence-corrected chi connectivity index (χ3v) is 4.02. The first-order chi connectivity index (χ1) is 15.7. The molecule has 0 aromatic carbocycles. The van der Waals surface area contributed by atoms with Gasteiger partial charge in [-0.25, -0.2) is 0 Å². The molecule has 0 saturated carbocycles. The number of pyridine rings is 4. The Hall–Kier alpha value is -2.96. The Labute approximate surface area is 206 Å². The summed E-state index contributed by atoms with van der Waals surface area (Å²) in [5.41, 5.74) is 5.36. The van der Waals surface area contributed by atoms with Crippen LogP contribution in [0.1, 0.15) is 34.2 Å². The normalized spacial score (nSPS) is 10.0. The van der Waals surface area contributed by atoms with Gasteiger partial charge in [-0.05, 0) is 62.4 Å². The topological polar surface area (TPSA) is 79.8 Å². The summed E-state index contributed by atoms with van der Waals surface area (Å²) in [5.74, 6) is 0. The van der Waals surface area contributed by atoms with Gasteiger partial charge in [-0.2, -0.15) is 0 Å². The van der Waals surface area contributed by atoms with Crippen molar-refractivity contribution in [3.8, 4) is 0 Å². The summed E-state index contributed by atoms with van der Waals surface area (Å²) in [7, 11) is 0. The van der Waals surface area contributed by atoms with Crippen LogP contribution in [0.15, 0.2) is 85.2 Å². The molecule has 4 aromatic rings. The summed E-state index contributed by atoms with van der Waals surface area (Å²) in [6, 6.07) is 23.1. The molecule has 0 unspecified atom stereocenters. The molecule has 4 heterocycles. The van der Waals surface area contributed by atoms with E-state index >= 15 is 0 Å². The molecule has 166 valence electrons. The third kappa shape index (κ3) is 10.5.